The Morgan fingerprint density at radius 2 is 1.68 bits per heavy atom. The highest BCUT2D eigenvalue weighted by Gasteiger charge is 2.28. The van der Waals surface area contributed by atoms with Crippen LogP contribution in [0.15, 0.2) is 6.20 Å². The van der Waals surface area contributed by atoms with E-state index in [1.54, 1.807) is 7.11 Å². The number of ether oxygens (including phenoxy) is 1. The van der Waals surface area contributed by atoms with Gasteiger partial charge < -0.3 is 4.74 Å². The van der Waals surface area contributed by atoms with E-state index in [1.165, 1.54) is 57.8 Å². The van der Waals surface area contributed by atoms with Gasteiger partial charge in [-0.3, -0.25) is 0 Å². The van der Waals surface area contributed by atoms with Crippen LogP contribution in [0.3, 0.4) is 0 Å². The van der Waals surface area contributed by atoms with Crippen molar-refractivity contribution in [1.82, 2.24) is 15.0 Å². The van der Waals surface area contributed by atoms with Crippen LogP contribution in [0, 0.1) is 0 Å². The lowest BCUT2D eigenvalue weighted by Crippen LogP contribution is -2.23. The van der Waals surface area contributed by atoms with Crippen LogP contribution in [0.2, 0.25) is 0 Å². The lowest BCUT2D eigenvalue weighted by Gasteiger charge is -2.27. The van der Waals surface area contributed by atoms with Gasteiger partial charge in [-0.05, 0) is 12.8 Å². The molecule has 22 heavy (non-hydrogen) atoms. The fraction of sp³-hybridized carbons (Fsp3) is 0.889. The lowest BCUT2D eigenvalue weighted by atomic mass is 9.77. The van der Waals surface area contributed by atoms with E-state index < -0.39 is 0 Å². The molecule has 0 spiro atoms. The molecule has 0 N–H and O–H groups in total. The van der Waals surface area contributed by atoms with Gasteiger partial charge in [-0.25, -0.2) is 4.68 Å². The maximum atomic E-state index is 5.12. The second kappa shape index (κ2) is 10.8. The minimum absolute atomic E-state index is 0.175. The number of rotatable bonds is 13. The zero-order valence-electron chi connectivity index (χ0n) is 15.1. The van der Waals surface area contributed by atoms with Gasteiger partial charge >= 0.3 is 0 Å². The summed E-state index contributed by atoms with van der Waals surface area (Å²) in [6, 6.07) is 0. The van der Waals surface area contributed by atoms with Crippen molar-refractivity contribution < 1.29 is 4.74 Å². The van der Waals surface area contributed by atoms with E-state index in [2.05, 4.69) is 37.3 Å². The second-order valence-electron chi connectivity index (χ2n) is 6.69. The summed E-state index contributed by atoms with van der Waals surface area (Å²) < 4.78 is 7.04. The highest BCUT2D eigenvalue weighted by molar-refractivity contribution is 5.10. The van der Waals surface area contributed by atoms with Crippen molar-refractivity contribution in [3.63, 3.8) is 0 Å². The van der Waals surface area contributed by atoms with Crippen LogP contribution in [0.4, 0.5) is 0 Å². The monoisotopic (exact) mass is 309 g/mol. The lowest BCUT2D eigenvalue weighted by molar-refractivity contribution is 0.183. The number of hydrogen-bond acceptors (Lipinski definition) is 3. The van der Waals surface area contributed by atoms with Crippen molar-refractivity contribution in [2.24, 2.45) is 0 Å². The van der Waals surface area contributed by atoms with Gasteiger partial charge in [0, 0.05) is 18.7 Å². The molecule has 0 amide bonds. The molecule has 1 aromatic rings. The first-order valence-corrected chi connectivity index (χ1v) is 9.05. The topological polar surface area (TPSA) is 39.9 Å². The third-order valence-electron chi connectivity index (χ3n) is 4.60. The minimum atomic E-state index is 0.175. The molecule has 0 saturated heterocycles. The fourth-order valence-electron chi connectivity index (χ4n) is 2.96. The molecule has 0 aliphatic heterocycles. The van der Waals surface area contributed by atoms with Gasteiger partial charge in [-0.15, -0.1) is 5.10 Å². The number of hydrogen-bond donors (Lipinski definition) is 0. The molecule has 0 aromatic carbocycles. The van der Waals surface area contributed by atoms with E-state index in [4.69, 9.17) is 4.74 Å². The Kier molecular flexibility index (Phi) is 9.37. The van der Waals surface area contributed by atoms with Gasteiger partial charge in [0.15, 0.2) is 0 Å². The molecule has 0 aliphatic rings. The predicted octanol–water partition coefficient (Wildman–Crippen LogP) is 4.73. The predicted molar refractivity (Wildman–Crippen MR) is 92.2 cm³/mol. The molecule has 0 saturated carbocycles. The Morgan fingerprint density at radius 1 is 1.05 bits per heavy atom. The quantitative estimate of drug-likeness (QED) is 0.494. The first-order valence-electron chi connectivity index (χ1n) is 9.05. The number of nitrogens with zero attached hydrogens (tertiary/aromatic N) is 3. The molecule has 1 atom stereocenters. The van der Waals surface area contributed by atoms with Crippen LogP contribution in [-0.4, -0.2) is 28.7 Å². The third kappa shape index (κ3) is 6.47. The standard InChI is InChI=1S/C18H35N3O/c1-5-7-9-11-13-18(3,12-10-8-6-2)17-16-21(20-19-17)14-15-22-4/h16H,5-15H2,1-4H3. The average Bonchev–Trinajstić information content (AvgIpc) is 2.99. The summed E-state index contributed by atoms with van der Waals surface area (Å²) in [5.74, 6) is 0. The molecule has 1 unspecified atom stereocenters. The van der Waals surface area contributed by atoms with Crippen LogP contribution in [0.5, 0.6) is 0 Å². The Balaban J connectivity index is 2.67. The van der Waals surface area contributed by atoms with E-state index >= 15 is 0 Å². The number of unbranched alkanes of at least 4 members (excludes halogenated alkanes) is 5. The van der Waals surface area contributed by atoms with E-state index in [0.29, 0.717) is 6.61 Å². The highest BCUT2D eigenvalue weighted by atomic mass is 16.5. The maximum absolute atomic E-state index is 5.12. The fourth-order valence-corrected chi connectivity index (χ4v) is 2.96. The Bertz CT molecular complexity index is 391. The second-order valence-corrected chi connectivity index (χ2v) is 6.69. The molecular formula is C18H35N3O. The molecule has 0 bridgehead atoms. The molecule has 4 nitrogen and oxygen atoms in total. The smallest absolute Gasteiger partial charge is 0.0885 e. The molecule has 1 rings (SSSR count). The Labute approximate surface area is 136 Å². The maximum Gasteiger partial charge on any atom is 0.0885 e. The summed E-state index contributed by atoms with van der Waals surface area (Å²) in [5, 5.41) is 8.76. The number of aromatic nitrogens is 3. The summed E-state index contributed by atoms with van der Waals surface area (Å²) in [6.45, 7) is 8.37. The summed E-state index contributed by atoms with van der Waals surface area (Å²) in [6.07, 6.45) is 13.7. The average molecular weight is 309 g/mol. The SMILES string of the molecule is CCCCCCC(C)(CCCCC)c1cn(CCOC)nn1. The molecule has 0 radical (unpaired) electrons. The Morgan fingerprint density at radius 3 is 2.32 bits per heavy atom. The number of methoxy groups -OCH3 is 1. The minimum Gasteiger partial charge on any atom is -0.383 e. The summed E-state index contributed by atoms with van der Waals surface area (Å²) in [4.78, 5) is 0. The molecule has 4 heteroatoms. The third-order valence-corrected chi connectivity index (χ3v) is 4.60. The van der Waals surface area contributed by atoms with Crippen molar-refractivity contribution in [1.29, 1.82) is 0 Å². The van der Waals surface area contributed by atoms with Crippen LogP contribution in [0.25, 0.3) is 0 Å². The van der Waals surface area contributed by atoms with Crippen LogP contribution < -0.4 is 0 Å². The van der Waals surface area contributed by atoms with Gasteiger partial charge in [-0.2, -0.15) is 0 Å². The zero-order valence-corrected chi connectivity index (χ0v) is 15.1. The summed E-state index contributed by atoms with van der Waals surface area (Å²) >= 11 is 0. The molecular weight excluding hydrogens is 274 g/mol. The largest absolute Gasteiger partial charge is 0.383 e. The van der Waals surface area contributed by atoms with Crippen LogP contribution >= 0.6 is 0 Å². The van der Waals surface area contributed by atoms with E-state index in [0.717, 1.165) is 12.2 Å². The van der Waals surface area contributed by atoms with E-state index in [1.807, 2.05) is 4.68 Å². The van der Waals surface area contributed by atoms with E-state index in [-0.39, 0.29) is 5.41 Å². The van der Waals surface area contributed by atoms with Crippen molar-refractivity contribution in [2.45, 2.75) is 90.5 Å². The van der Waals surface area contributed by atoms with Gasteiger partial charge in [0.2, 0.25) is 0 Å². The van der Waals surface area contributed by atoms with Crippen LogP contribution in [-0.2, 0) is 16.7 Å². The van der Waals surface area contributed by atoms with Crippen molar-refractivity contribution >= 4 is 0 Å². The molecule has 128 valence electrons. The van der Waals surface area contributed by atoms with E-state index in [9.17, 15) is 0 Å². The summed E-state index contributed by atoms with van der Waals surface area (Å²) in [7, 11) is 1.72. The van der Waals surface area contributed by atoms with Crippen molar-refractivity contribution in [2.75, 3.05) is 13.7 Å². The highest BCUT2D eigenvalue weighted by Crippen LogP contribution is 2.34. The molecule has 0 aliphatic carbocycles. The van der Waals surface area contributed by atoms with Gasteiger partial charge in [-0.1, -0.05) is 70.9 Å². The first kappa shape index (κ1) is 19.1. The van der Waals surface area contributed by atoms with Gasteiger partial charge in [0.1, 0.15) is 0 Å². The molecule has 1 heterocycles. The van der Waals surface area contributed by atoms with Crippen LogP contribution in [0.1, 0.15) is 84.3 Å². The van der Waals surface area contributed by atoms with Crippen molar-refractivity contribution in [3.05, 3.63) is 11.9 Å². The molecule has 1 aromatic heterocycles. The normalized spacial score (nSPS) is 14.2. The Hall–Kier alpha value is -0.900. The molecule has 0 fully saturated rings. The van der Waals surface area contributed by atoms with Gasteiger partial charge in [0.25, 0.3) is 0 Å². The zero-order chi connectivity index (χ0) is 16.3. The first-order chi connectivity index (χ1) is 10.7. The van der Waals surface area contributed by atoms with Gasteiger partial charge in [0.05, 0.1) is 18.8 Å². The van der Waals surface area contributed by atoms with Crippen molar-refractivity contribution in [3.8, 4) is 0 Å². The summed E-state index contributed by atoms with van der Waals surface area (Å²) in [5.41, 5.74) is 1.34.